The highest BCUT2D eigenvalue weighted by atomic mass is 35.5. The number of nitrogens with zero attached hydrogens (tertiary/aromatic N) is 2. The minimum absolute atomic E-state index is 0. The second-order valence-corrected chi connectivity index (χ2v) is 5.30. The highest BCUT2D eigenvalue weighted by molar-refractivity contribution is 5.85. The van der Waals surface area contributed by atoms with Gasteiger partial charge in [-0.2, -0.15) is 0 Å². The van der Waals surface area contributed by atoms with Crippen molar-refractivity contribution in [1.82, 2.24) is 15.1 Å². The van der Waals surface area contributed by atoms with E-state index in [4.69, 9.17) is 0 Å². The normalized spacial score (nSPS) is 30.0. The third-order valence-electron chi connectivity index (χ3n) is 3.92. The molecule has 0 aromatic carbocycles. The van der Waals surface area contributed by atoms with Crippen molar-refractivity contribution in [3.05, 3.63) is 0 Å². The molecule has 2 aliphatic rings. The van der Waals surface area contributed by atoms with Crippen LogP contribution in [-0.2, 0) is 0 Å². The number of hydrogen-bond acceptors (Lipinski definition) is 3. The molecule has 0 saturated carbocycles. The first-order valence-electron chi connectivity index (χ1n) is 6.39. The van der Waals surface area contributed by atoms with E-state index in [1.807, 2.05) is 0 Å². The summed E-state index contributed by atoms with van der Waals surface area (Å²) in [6, 6.07) is 0.749. The van der Waals surface area contributed by atoms with Crippen LogP contribution in [0.5, 0.6) is 0 Å². The number of hydrogen-bond donors (Lipinski definition) is 1. The Morgan fingerprint density at radius 1 is 1.19 bits per heavy atom. The van der Waals surface area contributed by atoms with Gasteiger partial charge in [-0.05, 0) is 45.8 Å². The fraction of sp³-hybridized carbons (Fsp3) is 1.00. The summed E-state index contributed by atoms with van der Waals surface area (Å²) in [7, 11) is 2.23. The molecule has 16 heavy (non-hydrogen) atoms. The molecular weight excluding hydrogens is 222 g/mol. The molecule has 96 valence electrons. The van der Waals surface area contributed by atoms with Gasteiger partial charge >= 0.3 is 0 Å². The molecule has 3 nitrogen and oxygen atoms in total. The zero-order valence-electron chi connectivity index (χ0n) is 10.6. The van der Waals surface area contributed by atoms with E-state index in [9.17, 15) is 0 Å². The van der Waals surface area contributed by atoms with Crippen molar-refractivity contribution < 1.29 is 0 Å². The zero-order valence-corrected chi connectivity index (χ0v) is 11.4. The van der Waals surface area contributed by atoms with Crippen LogP contribution < -0.4 is 5.32 Å². The second kappa shape index (κ2) is 6.80. The SMILES string of the molecule is CC1CN(C)CCN1CC1CCNCC1.Cl. The first-order valence-corrected chi connectivity index (χ1v) is 6.39. The summed E-state index contributed by atoms with van der Waals surface area (Å²) in [5.74, 6) is 0.942. The molecule has 1 N–H and O–H groups in total. The van der Waals surface area contributed by atoms with Gasteiger partial charge in [0.2, 0.25) is 0 Å². The number of piperidine rings is 1. The monoisotopic (exact) mass is 247 g/mol. The minimum Gasteiger partial charge on any atom is -0.317 e. The third-order valence-corrected chi connectivity index (χ3v) is 3.92. The van der Waals surface area contributed by atoms with Crippen molar-refractivity contribution in [1.29, 1.82) is 0 Å². The summed E-state index contributed by atoms with van der Waals surface area (Å²) in [5.41, 5.74) is 0. The van der Waals surface area contributed by atoms with Crippen LogP contribution in [0.1, 0.15) is 19.8 Å². The second-order valence-electron chi connectivity index (χ2n) is 5.30. The lowest BCUT2D eigenvalue weighted by molar-refractivity contribution is 0.0792. The van der Waals surface area contributed by atoms with Gasteiger partial charge in [-0.3, -0.25) is 4.90 Å². The first kappa shape index (κ1) is 14.2. The number of likely N-dealkylation sites (N-methyl/N-ethyl adjacent to an activating group) is 1. The highest BCUT2D eigenvalue weighted by Crippen LogP contribution is 2.17. The van der Waals surface area contributed by atoms with Gasteiger partial charge in [0.1, 0.15) is 0 Å². The molecular formula is C12H26ClN3. The fourth-order valence-electron chi connectivity index (χ4n) is 2.84. The van der Waals surface area contributed by atoms with E-state index in [-0.39, 0.29) is 12.4 Å². The smallest absolute Gasteiger partial charge is 0.0195 e. The van der Waals surface area contributed by atoms with Crippen LogP contribution in [0.25, 0.3) is 0 Å². The standard InChI is InChI=1S/C12H25N3.ClH/c1-11-9-14(2)7-8-15(11)10-12-3-5-13-6-4-12;/h11-13H,3-10H2,1-2H3;1H. The van der Waals surface area contributed by atoms with Gasteiger partial charge in [-0.15, -0.1) is 12.4 Å². The van der Waals surface area contributed by atoms with Crippen molar-refractivity contribution >= 4 is 12.4 Å². The van der Waals surface area contributed by atoms with Gasteiger partial charge < -0.3 is 10.2 Å². The molecule has 0 amide bonds. The van der Waals surface area contributed by atoms with E-state index in [0.29, 0.717) is 0 Å². The van der Waals surface area contributed by atoms with Gasteiger partial charge in [0, 0.05) is 32.2 Å². The molecule has 2 aliphatic heterocycles. The Morgan fingerprint density at radius 2 is 1.88 bits per heavy atom. The number of nitrogens with one attached hydrogen (secondary N) is 1. The average molecular weight is 248 g/mol. The van der Waals surface area contributed by atoms with E-state index in [2.05, 4.69) is 29.1 Å². The molecule has 1 unspecified atom stereocenters. The van der Waals surface area contributed by atoms with Crippen molar-refractivity contribution in [2.75, 3.05) is 46.3 Å². The predicted molar refractivity (Wildman–Crippen MR) is 71.4 cm³/mol. The average Bonchev–Trinajstić information content (AvgIpc) is 2.24. The molecule has 0 aromatic heterocycles. The van der Waals surface area contributed by atoms with E-state index in [1.165, 1.54) is 52.1 Å². The van der Waals surface area contributed by atoms with Gasteiger partial charge in [0.05, 0.1) is 0 Å². The molecule has 2 heterocycles. The maximum absolute atomic E-state index is 3.44. The molecule has 0 radical (unpaired) electrons. The molecule has 0 bridgehead atoms. The Bertz CT molecular complexity index is 195. The van der Waals surface area contributed by atoms with Crippen molar-refractivity contribution in [2.24, 2.45) is 5.92 Å². The predicted octanol–water partition coefficient (Wildman–Crippen LogP) is 1.04. The van der Waals surface area contributed by atoms with E-state index in [0.717, 1.165) is 12.0 Å². The maximum atomic E-state index is 3.44. The number of rotatable bonds is 2. The Balaban J connectivity index is 0.00000128. The fourth-order valence-corrected chi connectivity index (χ4v) is 2.84. The lowest BCUT2D eigenvalue weighted by Crippen LogP contribution is -2.52. The van der Waals surface area contributed by atoms with Crippen LogP contribution in [0.2, 0.25) is 0 Å². The summed E-state index contributed by atoms with van der Waals surface area (Å²) >= 11 is 0. The Labute approximate surface area is 106 Å². The summed E-state index contributed by atoms with van der Waals surface area (Å²) in [6.07, 6.45) is 2.75. The lowest BCUT2D eigenvalue weighted by Gasteiger charge is -2.40. The van der Waals surface area contributed by atoms with Crippen molar-refractivity contribution in [2.45, 2.75) is 25.8 Å². The molecule has 4 heteroatoms. The largest absolute Gasteiger partial charge is 0.317 e. The summed E-state index contributed by atoms with van der Waals surface area (Å²) in [6.45, 7) is 9.91. The molecule has 2 rings (SSSR count). The molecule has 0 aromatic rings. The highest BCUT2D eigenvalue weighted by Gasteiger charge is 2.24. The van der Waals surface area contributed by atoms with E-state index < -0.39 is 0 Å². The van der Waals surface area contributed by atoms with Gasteiger partial charge in [-0.1, -0.05) is 0 Å². The van der Waals surface area contributed by atoms with Crippen molar-refractivity contribution in [3.63, 3.8) is 0 Å². The summed E-state index contributed by atoms with van der Waals surface area (Å²) in [4.78, 5) is 5.14. The molecule has 0 spiro atoms. The third kappa shape index (κ3) is 3.88. The lowest BCUT2D eigenvalue weighted by atomic mass is 9.96. The number of halogens is 1. The Morgan fingerprint density at radius 3 is 2.50 bits per heavy atom. The van der Waals surface area contributed by atoms with Gasteiger partial charge in [0.25, 0.3) is 0 Å². The summed E-state index contributed by atoms with van der Waals surface area (Å²) in [5, 5.41) is 3.44. The Kier molecular flexibility index (Phi) is 6.05. The van der Waals surface area contributed by atoms with Crippen LogP contribution in [0, 0.1) is 5.92 Å². The number of piperazine rings is 1. The van der Waals surface area contributed by atoms with Crippen LogP contribution >= 0.6 is 12.4 Å². The van der Waals surface area contributed by atoms with Crippen LogP contribution in [0.4, 0.5) is 0 Å². The van der Waals surface area contributed by atoms with E-state index in [1.54, 1.807) is 0 Å². The quantitative estimate of drug-likeness (QED) is 0.787. The van der Waals surface area contributed by atoms with Crippen LogP contribution in [0.3, 0.4) is 0 Å². The topological polar surface area (TPSA) is 18.5 Å². The maximum Gasteiger partial charge on any atom is 0.0195 e. The van der Waals surface area contributed by atoms with Gasteiger partial charge in [0.15, 0.2) is 0 Å². The van der Waals surface area contributed by atoms with Crippen LogP contribution in [-0.4, -0.2) is 62.2 Å². The minimum atomic E-state index is 0. The molecule has 1 atom stereocenters. The molecule has 2 saturated heterocycles. The Hall–Kier alpha value is 0.170. The molecule has 0 aliphatic carbocycles. The van der Waals surface area contributed by atoms with Gasteiger partial charge in [-0.25, -0.2) is 0 Å². The first-order chi connectivity index (χ1) is 7.25. The van der Waals surface area contributed by atoms with Crippen molar-refractivity contribution in [3.8, 4) is 0 Å². The zero-order chi connectivity index (χ0) is 10.7. The van der Waals surface area contributed by atoms with E-state index >= 15 is 0 Å². The van der Waals surface area contributed by atoms with Crippen LogP contribution in [0.15, 0.2) is 0 Å². The summed E-state index contributed by atoms with van der Waals surface area (Å²) < 4.78 is 0. The molecule has 2 fully saturated rings.